The zero-order valence-electron chi connectivity index (χ0n) is 9.31. The first kappa shape index (κ1) is 13.6. The highest BCUT2D eigenvalue weighted by molar-refractivity contribution is 6.32. The van der Waals surface area contributed by atoms with Crippen molar-refractivity contribution in [1.29, 1.82) is 0 Å². The number of carbonyl (C=O) groups is 1. The van der Waals surface area contributed by atoms with Gasteiger partial charge in [0.25, 0.3) is 0 Å². The minimum Gasteiger partial charge on any atom is -0.504 e. The largest absolute Gasteiger partial charge is 0.504 e. The minimum absolute atomic E-state index is 0.0379. The van der Waals surface area contributed by atoms with Crippen molar-refractivity contribution in [2.24, 2.45) is 5.73 Å². The molecule has 4 N–H and O–H groups in total. The fourth-order valence-electron chi connectivity index (χ4n) is 1.33. The topological polar surface area (TPSA) is 92.8 Å². The molecule has 1 rings (SSSR count). The van der Waals surface area contributed by atoms with E-state index in [4.69, 9.17) is 22.1 Å². The van der Waals surface area contributed by atoms with E-state index in [9.17, 15) is 15.0 Å². The van der Waals surface area contributed by atoms with Crippen LogP contribution in [0.3, 0.4) is 0 Å². The molecule has 1 atom stereocenters. The third-order valence-corrected chi connectivity index (χ3v) is 2.52. The van der Waals surface area contributed by atoms with Gasteiger partial charge in [0.05, 0.1) is 11.6 Å². The number of nitrogens with two attached hydrogens (primary N) is 1. The summed E-state index contributed by atoms with van der Waals surface area (Å²) in [4.78, 5) is 11.3. The Bertz CT molecular complexity index is 422. The first-order valence-corrected chi connectivity index (χ1v) is 5.46. The van der Waals surface area contributed by atoms with E-state index in [1.807, 2.05) is 0 Å². The molecule has 0 aliphatic heterocycles. The number of hydrogen-bond donors (Lipinski definition) is 3. The van der Waals surface area contributed by atoms with Gasteiger partial charge >= 0.3 is 5.97 Å². The zero-order valence-corrected chi connectivity index (χ0v) is 10.1. The van der Waals surface area contributed by atoms with Crippen LogP contribution in [0, 0.1) is 0 Å². The van der Waals surface area contributed by atoms with Gasteiger partial charge in [0.1, 0.15) is 6.04 Å². The molecule has 0 heterocycles. The molecule has 0 aromatic heterocycles. The van der Waals surface area contributed by atoms with Crippen LogP contribution >= 0.6 is 11.6 Å². The van der Waals surface area contributed by atoms with E-state index in [1.165, 1.54) is 12.1 Å². The summed E-state index contributed by atoms with van der Waals surface area (Å²) >= 11 is 5.60. The van der Waals surface area contributed by atoms with Crippen LogP contribution in [0.25, 0.3) is 0 Å². The highest BCUT2D eigenvalue weighted by Gasteiger charge is 2.19. The van der Waals surface area contributed by atoms with Gasteiger partial charge in [-0.1, -0.05) is 17.7 Å². The Hall–Kier alpha value is -1.46. The van der Waals surface area contributed by atoms with Gasteiger partial charge in [-0.05, 0) is 18.6 Å². The maximum absolute atomic E-state index is 11.3. The second kappa shape index (κ2) is 5.75. The second-order valence-corrected chi connectivity index (χ2v) is 3.87. The smallest absolute Gasteiger partial charge is 0.323 e. The lowest BCUT2D eigenvalue weighted by molar-refractivity contribution is -0.144. The summed E-state index contributed by atoms with van der Waals surface area (Å²) in [5.74, 6) is -1.33. The van der Waals surface area contributed by atoms with E-state index >= 15 is 0 Å². The highest BCUT2D eigenvalue weighted by atomic mass is 35.5. The van der Waals surface area contributed by atoms with Crippen LogP contribution in [-0.2, 0) is 16.0 Å². The van der Waals surface area contributed by atoms with Crippen LogP contribution in [0.4, 0.5) is 0 Å². The van der Waals surface area contributed by atoms with Gasteiger partial charge in [-0.15, -0.1) is 0 Å². The quantitative estimate of drug-likeness (QED) is 0.558. The molecule has 0 fully saturated rings. The summed E-state index contributed by atoms with van der Waals surface area (Å²) in [5.41, 5.74) is 5.93. The molecule has 5 nitrogen and oxygen atoms in total. The molecule has 0 radical (unpaired) electrons. The van der Waals surface area contributed by atoms with E-state index < -0.39 is 17.8 Å². The lowest BCUT2D eigenvalue weighted by Gasteiger charge is -2.12. The summed E-state index contributed by atoms with van der Waals surface area (Å²) in [6.45, 7) is 1.92. The lowest BCUT2D eigenvalue weighted by Crippen LogP contribution is -2.34. The molecule has 6 heteroatoms. The standard InChI is InChI=1S/C11H14ClNO4/c1-2-17-11(16)8(13)5-6-3-4-7(12)10(15)9(6)14/h3-4,8,14-15H,2,5,13H2,1H3/t8-/m0/s1. The second-order valence-electron chi connectivity index (χ2n) is 3.47. The van der Waals surface area contributed by atoms with Crippen molar-refractivity contribution in [3.8, 4) is 11.5 Å². The molecular weight excluding hydrogens is 246 g/mol. The maximum Gasteiger partial charge on any atom is 0.323 e. The Balaban J connectivity index is 2.82. The van der Waals surface area contributed by atoms with E-state index in [2.05, 4.69) is 0 Å². The molecule has 0 spiro atoms. The Labute approximate surface area is 104 Å². The van der Waals surface area contributed by atoms with Crippen molar-refractivity contribution in [2.45, 2.75) is 19.4 Å². The Morgan fingerprint density at radius 3 is 2.71 bits per heavy atom. The number of rotatable bonds is 4. The maximum atomic E-state index is 11.3. The van der Waals surface area contributed by atoms with E-state index in [0.29, 0.717) is 5.56 Å². The van der Waals surface area contributed by atoms with Gasteiger partial charge in [-0.3, -0.25) is 4.79 Å². The summed E-state index contributed by atoms with van der Waals surface area (Å²) < 4.78 is 4.74. The molecule has 0 amide bonds. The molecule has 0 saturated heterocycles. The predicted molar refractivity (Wildman–Crippen MR) is 63.1 cm³/mol. The number of halogens is 1. The molecule has 0 aliphatic carbocycles. The summed E-state index contributed by atoms with van der Waals surface area (Å²) in [7, 11) is 0. The number of esters is 1. The Kier molecular flexibility index (Phi) is 4.60. The van der Waals surface area contributed by atoms with Crippen LogP contribution in [-0.4, -0.2) is 28.8 Å². The van der Waals surface area contributed by atoms with Gasteiger partial charge in [-0.25, -0.2) is 0 Å². The van der Waals surface area contributed by atoms with Gasteiger partial charge in [0.15, 0.2) is 11.5 Å². The van der Waals surface area contributed by atoms with E-state index in [0.717, 1.165) is 0 Å². The van der Waals surface area contributed by atoms with Crippen LogP contribution in [0.15, 0.2) is 12.1 Å². The molecular formula is C11H14ClNO4. The molecule has 1 aromatic carbocycles. The van der Waals surface area contributed by atoms with Crippen LogP contribution in [0.1, 0.15) is 12.5 Å². The molecule has 0 bridgehead atoms. The number of benzene rings is 1. The predicted octanol–water partition coefficient (Wildman–Crippen LogP) is 1.18. The van der Waals surface area contributed by atoms with Crippen molar-refractivity contribution < 1.29 is 19.7 Å². The van der Waals surface area contributed by atoms with Gasteiger partial charge in [0.2, 0.25) is 0 Å². The number of ether oxygens (including phenoxy) is 1. The van der Waals surface area contributed by atoms with Gasteiger partial charge < -0.3 is 20.7 Å². The molecule has 17 heavy (non-hydrogen) atoms. The van der Waals surface area contributed by atoms with Crippen molar-refractivity contribution >= 4 is 17.6 Å². The zero-order chi connectivity index (χ0) is 13.0. The number of aromatic hydroxyl groups is 2. The van der Waals surface area contributed by atoms with Gasteiger partial charge in [0, 0.05) is 6.42 Å². The van der Waals surface area contributed by atoms with Crippen molar-refractivity contribution in [2.75, 3.05) is 6.61 Å². The Morgan fingerprint density at radius 1 is 1.47 bits per heavy atom. The van der Waals surface area contributed by atoms with E-state index in [1.54, 1.807) is 6.92 Å². The molecule has 1 aromatic rings. The average molecular weight is 260 g/mol. The van der Waals surface area contributed by atoms with Crippen LogP contribution in [0.5, 0.6) is 11.5 Å². The first-order chi connectivity index (χ1) is 7.97. The number of carbonyl (C=O) groups excluding carboxylic acids is 1. The first-order valence-electron chi connectivity index (χ1n) is 5.08. The summed E-state index contributed by atoms with van der Waals surface area (Å²) in [5, 5.41) is 19.0. The summed E-state index contributed by atoms with van der Waals surface area (Å²) in [6.07, 6.45) is 0.0649. The van der Waals surface area contributed by atoms with Crippen molar-refractivity contribution in [3.05, 3.63) is 22.7 Å². The fourth-order valence-corrected chi connectivity index (χ4v) is 1.48. The number of hydrogen-bond acceptors (Lipinski definition) is 5. The number of phenols is 2. The molecule has 94 valence electrons. The number of phenolic OH excluding ortho intramolecular Hbond substituents is 2. The summed E-state index contributed by atoms with van der Waals surface area (Å²) in [6, 6.07) is 2.03. The molecule has 0 aliphatic rings. The minimum atomic E-state index is -0.888. The van der Waals surface area contributed by atoms with Crippen molar-refractivity contribution in [3.63, 3.8) is 0 Å². The van der Waals surface area contributed by atoms with Crippen LogP contribution in [0.2, 0.25) is 5.02 Å². The third-order valence-electron chi connectivity index (χ3n) is 2.21. The molecule has 0 saturated carbocycles. The normalized spacial score (nSPS) is 12.2. The van der Waals surface area contributed by atoms with E-state index in [-0.39, 0.29) is 23.8 Å². The Morgan fingerprint density at radius 2 is 2.12 bits per heavy atom. The highest BCUT2D eigenvalue weighted by Crippen LogP contribution is 2.36. The average Bonchev–Trinajstić information content (AvgIpc) is 2.30. The third kappa shape index (κ3) is 3.25. The van der Waals surface area contributed by atoms with Crippen LogP contribution < -0.4 is 5.73 Å². The fraction of sp³-hybridized carbons (Fsp3) is 0.364. The molecule has 0 unspecified atom stereocenters. The SMILES string of the molecule is CCOC(=O)[C@@H](N)Cc1ccc(Cl)c(O)c1O. The lowest BCUT2D eigenvalue weighted by atomic mass is 10.1. The van der Waals surface area contributed by atoms with Gasteiger partial charge in [-0.2, -0.15) is 0 Å². The van der Waals surface area contributed by atoms with Crippen molar-refractivity contribution in [1.82, 2.24) is 0 Å². The monoisotopic (exact) mass is 259 g/mol.